The summed E-state index contributed by atoms with van der Waals surface area (Å²) in [5.41, 5.74) is 5.40. The van der Waals surface area contributed by atoms with Crippen molar-refractivity contribution in [3.05, 3.63) is 59.6 Å². The molecule has 0 amide bonds. The summed E-state index contributed by atoms with van der Waals surface area (Å²) in [6.45, 7) is 2.46. The number of rotatable bonds is 4. The number of aromatic nitrogens is 5. The summed E-state index contributed by atoms with van der Waals surface area (Å²) in [6, 6.07) is 12.5. The fourth-order valence-electron chi connectivity index (χ4n) is 5.99. The van der Waals surface area contributed by atoms with Gasteiger partial charge in [-0.25, -0.2) is 19.9 Å². The summed E-state index contributed by atoms with van der Waals surface area (Å²) in [5, 5.41) is 0.366. The third-order valence-corrected chi connectivity index (χ3v) is 7.91. The molecule has 3 aliphatic carbocycles. The molecule has 3 heterocycles. The molecule has 1 aromatic carbocycles. The first kappa shape index (κ1) is 19.9. The maximum Gasteiger partial charge on any atom is 0.163 e. The van der Waals surface area contributed by atoms with E-state index in [0.717, 1.165) is 46.7 Å². The van der Waals surface area contributed by atoms with Crippen molar-refractivity contribution in [3.63, 3.8) is 0 Å². The molecule has 0 spiro atoms. The number of H-pyrrole nitrogens is 1. The van der Waals surface area contributed by atoms with Crippen LogP contribution in [0.4, 0.5) is 0 Å². The van der Waals surface area contributed by atoms with Gasteiger partial charge >= 0.3 is 0 Å². The molecule has 0 aliphatic heterocycles. The minimum atomic E-state index is 0.366. The molecule has 0 saturated heterocycles. The Balaban J connectivity index is 1.45. The zero-order chi connectivity index (χ0) is 21.7. The SMILES string of the molecule is C[C@H]1C2CCC(CC2)[C@@H]1Cc1cc(-c2ccccc2)nc(-c2c[nH]c3ncc(Cl)nc23)n1. The summed E-state index contributed by atoms with van der Waals surface area (Å²) in [6.07, 6.45) is 10.0. The van der Waals surface area contributed by atoms with E-state index in [1.54, 1.807) is 6.20 Å². The van der Waals surface area contributed by atoms with Gasteiger partial charge in [0.25, 0.3) is 0 Å². The van der Waals surface area contributed by atoms with Crippen LogP contribution in [-0.4, -0.2) is 24.9 Å². The quantitative estimate of drug-likeness (QED) is 0.399. The molecule has 4 aromatic rings. The van der Waals surface area contributed by atoms with Crippen LogP contribution in [0.2, 0.25) is 5.15 Å². The molecular weight excluding hydrogens is 418 g/mol. The van der Waals surface area contributed by atoms with Crippen LogP contribution in [0, 0.1) is 23.7 Å². The van der Waals surface area contributed by atoms with Crippen molar-refractivity contribution in [3.8, 4) is 22.6 Å². The number of aromatic amines is 1. The van der Waals surface area contributed by atoms with Crippen molar-refractivity contribution in [1.29, 1.82) is 0 Å². The van der Waals surface area contributed by atoms with Crippen molar-refractivity contribution in [2.75, 3.05) is 0 Å². The second kappa shape index (κ2) is 7.96. The van der Waals surface area contributed by atoms with Crippen LogP contribution >= 0.6 is 11.6 Å². The van der Waals surface area contributed by atoms with E-state index in [1.165, 1.54) is 25.7 Å². The molecule has 1 N–H and O–H groups in total. The minimum Gasteiger partial charge on any atom is -0.344 e. The molecule has 3 aromatic heterocycles. The van der Waals surface area contributed by atoms with E-state index >= 15 is 0 Å². The van der Waals surface area contributed by atoms with E-state index in [1.807, 2.05) is 12.3 Å². The van der Waals surface area contributed by atoms with Crippen molar-refractivity contribution < 1.29 is 0 Å². The lowest BCUT2D eigenvalue weighted by molar-refractivity contribution is 0.0339. The molecule has 2 atom stereocenters. The molecule has 32 heavy (non-hydrogen) atoms. The van der Waals surface area contributed by atoms with Crippen LogP contribution in [0.15, 0.2) is 48.8 Å². The Hall–Kier alpha value is -2.79. The van der Waals surface area contributed by atoms with Gasteiger partial charge in [-0.1, -0.05) is 48.9 Å². The van der Waals surface area contributed by atoms with Gasteiger partial charge in [0, 0.05) is 17.5 Å². The summed E-state index contributed by atoms with van der Waals surface area (Å²) in [4.78, 5) is 22.0. The molecule has 162 valence electrons. The van der Waals surface area contributed by atoms with Gasteiger partial charge in [0.05, 0.1) is 17.5 Å². The first-order chi connectivity index (χ1) is 15.7. The minimum absolute atomic E-state index is 0.366. The largest absolute Gasteiger partial charge is 0.344 e. The number of hydrogen-bond donors (Lipinski definition) is 1. The van der Waals surface area contributed by atoms with Gasteiger partial charge < -0.3 is 4.98 Å². The molecule has 3 saturated carbocycles. The first-order valence-electron chi connectivity index (χ1n) is 11.6. The van der Waals surface area contributed by atoms with Gasteiger partial charge in [0.15, 0.2) is 11.5 Å². The van der Waals surface area contributed by atoms with Crippen LogP contribution in [0.25, 0.3) is 33.8 Å². The third kappa shape index (κ3) is 3.49. The molecule has 6 heteroatoms. The Morgan fingerprint density at radius 1 is 1.00 bits per heavy atom. The predicted molar refractivity (Wildman–Crippen MR) is 127 cm³/mol. The Morgan fingerprint density at radius 2 is 1.78 bits per heavy atom. The van der Waals surface area contributed by atoms with Crippen molar-refractivity contribution >= 4 is 22.8 Å². The van der Waals surface area contributed by atoms with E-state index in [2.05, 4.69) is 52.2 Å². The van der Waals surface area contributed by atoms with Crippen LogP contribution in [0.3, 0.4) is 0 Å². The average molecular weight is 444 g/mol. The highest BCUT2D eigenvalue weighted by atomic mass is 35.5. The van der Waals surface area contributed by atoms with Crippen LogP contribution in [0.5, 0.6) is 0 Å². The second-order valence-electron chi connectivity index (χ2n) is 9.43. The van der Waals surface area contributed by atoms with Crippen LogP contribution in [0.1, 0.15) is 38.3 Å². The van der Waals surface area contributed by atoms with E-state index in [-0.39, 0.29) is 0 Å². The Kier molecular flexibility index (Phi) is 4.94. The summed E-state index contributed by atoms with van der Waals surface area (Å²) < 4.78 is 0. The van der Waals surface area contributed by atoms with E-state index < -0.39 is 0 Å². The lowest BCUT2D eigenvalue weighted by atomic mass is 9.58. The van der Waals surface area contributed by atoms with E-state index in [4.69, 9.17) is 21.6 Å². The Labute approximate surface area is 192 Å². The lowest BCUT2D eigenvalue weighted by Crippen LogP contribution is -2.39. The zero-order valence-electron chi connectivity index (χ0n) is 18.1. The first-order valence-corrected chi connectivity index (χ1v) is 12.0. The third-order valence-electron chi connectivity index (χ3n) is 7.73. The Morgan fingerprint density at radius 3 is 2.56 bits per heavy atom. The number of nitrogens with one attached hydrogen (secondary N) is 1. The van der Waals surface area contributed by atoms with Crippen molar-refractivity contribution in [2.45, 2.75) is 39.0 Å². The van der Waals surface area contributed by atoms with Gasteiger partial charge in [0.1, 0.15) is 10.7 Å². The fourth-order valence-corrected chi connectivity index (χ4v) is 6.12. The summed E-state index contributed by atoms with van der Waals surface area (Å²) >= 11 is 6.15. The summed E-state index contributed by atoms with van der Waals surface area (Å²) in [7, 11) is 0. The second-order valence-corrected chi connectivity index (χ2v) is 9.82. The van der Waals surface area contributed by atoms with Crippen LogP contribution < -0.4 is 0 Å². The number of benzene rings is 1. The van der Waals surface area contributed by atoms with Gasteiger partial charge in [-0.05, 0) is 61.8 Å². The average Bonchev–Trinajstić information content (AvgIpc) is 3.25. The molecular formula is C26H26ClN5. The van der Waals surface area contributed by atoms with Crippen molar-refractivity contribution in [1.82, 2.24) is 24.9 Å². The summed E-state index contributed by atoms with van der Waals surface area (Å²) in [5.74, 6) is 3.85. The van der Waals surface area contributed by atoms with Gasteiger partial charge in [-0.3, -0.25) is 0 Å². The van der Waals surface area contributed by atoms with Crippen LogP contribution in [-0.2, 0) is 6.42 Å². The molecule has 2 bridgehead atoms. The monoisotopic (exact) mass is 443 g/mol. The molecule has 3 fully saturated rings. The smallest absolute Gasteiger partial charge is 0.163 e. The lowest BCUT2D eigenvalue weighted by Gasteiger charge is -2.47. The van der Waals surface area contributed by atoms with E-state index in [0.29, 0.717) is 28.1 Å². The predicted octanol–water partition coefficient (Wildman–Crippen LogP) is 6.35. The molecule has 0 radical (unpaired) electrons. The number of halogens is 1. The molecule has 3 aliphatic rings. The van der Waals surface area contributed by atoms with Crippen molar-refractivity contribution in [2.24, 2.45) is 23.7 Å². The van der Waals surface area contributed by atoms with Gasteiger partial charge in [0.2, 0.25) is 0 Å². The highest BCUT2D eigenvalue weighted by molar-refractivity contribution is 6.29. The highest BCUT2D eigenvalue weighted by Crippen LogP contribution is 2.49. The maximum atomic E-state index is 6.15. The topological polar surface area (TPSA) is 67.3 Å². The zero-order valence-corrected chi connectivity index (χ0v) is 18.9. The number of fused-ring (bicyclic) bond motifs is 4. The maximum absolute atomic E-state index is 6.15. The normalized spacial score (nSPS) is 24.8. The highest BCUT2D eigenvalue weighted by Gasteiger charge is 2.41. The Bertz CT molecular complexity index is 1260. The molecule has 0 unspecified atom stereocenters. The van der Waals surface area contributed by atoms with Gasteiger partial charge in [-0.15, -0.1) is 0 Å². The van der Waals surface area contributed by atoms with E-state index in [9.17, 15) is 0 Å². The standard InChI is InChI=1S/C26H26ClN5/c1-15-16-7-9-17(10-8-16)20(15)11-19-12-22(18-5-3-2-4-6-18)31-25(30-19)21-13-28-26-24(21)32-23(27)14-29-26/h2-6,12-17,20H,7-11H2,1H3,(H,28,29)/t15-,16?,17?,20+/m0/s1. The van der Waals surface area contributed by atoms with Gasteiger partial charge in [-0.2, -0.15) is 0 Å². The fraction of sp³-hybridized carbons (Fsp3) is 0.385. The number of hydrogen-bond acceptors (Lipinski definition) is 4. The molecule has 5 nitrogen and oxygen atoms in total. The molecule has 7 rings (SSSR count). The number of nitrogens with zero attached hydrogens (tertiary/aromatic N) is 4.